The van der Waals surface area contributed by atoms with E-state index in [0.717, 1.165) is 17.1 Å². The van der Waals surface area contributed by atoms with Gasteiger partial charge in [-0.25, -0.2) is 0 Å². The minimum Gasteiger partial charge on any atom is -0.457 e. The topological polar surface area (TPSA) is 46.6 Å². The second kappa shape index (κ2) is 5.79. The Morgan fingerprint density at radius 2 is 1.57 bits per heavy atom. The Bertz CT molecular complexity index is 649. The number of likely N-dealkylation sites (tertiary alicyclic amines) is 1. The standard InChI is InChI=1S/C17H15NO3/c19-14-10-17(20)18(12-14)11-13-6-8-16(9-7-13)21-15-4-2-1-3-5-15/h1-9H,10-12H2. The molecule has 4 heteroatoms. The van der Waals surface area contributed by atoms with Crippen molar-refractivity contribution < 1.29 is 14.3 Å². The van der Waals surface area contributed by atoms with Crippen molar-refractivity contribution in [3.05, 3.63) is 60.2 Å². The summed E-state index contributed by atoms with van der Waals surface area (Å²) in [5.41, 5.74) is 0.985. The smallest absolute Gasteiger partial charge is 0.230 e. The summed E-state index contributed by atoms with van der Waals surface area (Å²) >= 11 is 0. The van der Waals surface area contributed by atoms with Crippen molar-refractivity contribution in [1.82, 2.24) is 4.90 Å². The number of Topliss-reactive ketones (excluding diaryl/α,β-unsaturated/α-hetero) is 1. The average Bonchev–Trinajstić information content (AvgIpc) is 2.80. The van der Waals surface area contributed by atoms with Crippen LogP contribution in [0.15, 0.2) is 54.6 Å². The first-order valence-electron chi connectivity index (χ1n) is 6.82. The minimum atomic E-state index is -0.0930. The summed E-state index contributed by atoms with van der Waals surface area (Å²) in [5.74, 6) is 1.42. The van der Waals surface area contributed by atoms with E-state index in [0.29, 0.717) is 6.54 Å². The Balaban J connectivity index is 1.64. The molecule has 1 aliphatic heterocycles. The molecule has 0 atom stereocenters. The predicted octanol–water partition coefficient (Wildman–Crippen LogP) is 2.78. The SMILES string of the molecule is O=C1CC(=O)N(Cc2ccc(Oc3ccccc3)cc2)C1. The van der Waals surface area contributed by atoms with Crippen LogP contribution < -0.4 is 4.74 Å². The molecular formula is C17H15NO3. The molecule has 1 amide bonds. The average molecular weight is 281 g/mol. The van der Waals surface area contributed by atoms with Gasteiger partial charge in [0, 0.05) is 6.54 Å². The molecule has 106 valence electrons. The molecule has 0 N–H and O–H groups in total. The van der Waals surface area contributed by atoms with E-state index in [4.69, 9.17) is 4.74 Å². The maximum atomic E-state index is 11.6. The highest BCUT2D eigenvalue weighted by Crippen LogP contribution is 2.22. The van der Waals surface area contributed by atoms with Crippen LogP contribution >= 0.6 is 0 Å². The van der Waals surface area contributed by atoms with Crippen LogP contribution in [0, 0.1) is 0 Å². The van der Waals surface area contributed by atoms with Gasteiger partial charge in [-0.3, -0.25) is 9.59 Å². The van der Waals surface area contributed by atoms with Crippen LogP contribution in [0.3, 0.4) is 0 Å². The Morgan fingerprint density at radius 1 is 0.905 bits per heavy atom. The monoisotopic (exact) mass is 281 g/mol. The number of nitrogens with zero attached hydrogens (tertiary/aromatic N) is 1. The maximum Gasteiger partial charge on any atom is 0.230 e. The third kappa shape index (κ3) is 3.28. The lowest BCUT2D eigenvalue weighted by molar-refractivity contribution is -0.128. The van der Waals surface area contributed by atoms with Gasteiger partial charge in [0.15, 0.2) is 5.78 Å². The fraction of sp³-hybridized carbons (Fsp3) is 0.176. The zero-order valence-electron chi connectivity index (χ0n) is 11.5. The highest BCUT2D eigenvalue weighted by Gasteiger charge is 2.26. The number of ketones is 1. The summed E-state index contributed by atoms with van der Waals surface area (Å²) in [6.45, 7) is 0.692. The molecule has 3 rings (SSSR count). The molecule has 0 unspecified atom stereocenters. The number of rotatable bonds is 4. The minimum absolute atomic E-state index is 0.0102. The first kappa shape index (κ1) is 13.4. The van der Waals surface area contributed by atoms with Gasteiger partial charge >= 0.3 is 0 Å². The highest BCUT2D eigenvalue weighted by molar-refractivity contribution is 6.05. The lowest BCUT2D eigenvalue weighted by Crippen LogP contribution is -2.24. The molecule has 2 aromatic rings. The van der Waals surface area contributed by atoms with Crippen molar-refractivity contribution in [1.29, 1.82) is 0 Å². The molecule has 1 saturated heterocycles. The van der Waals surface area contributed by atoms with E-state index < -0.39 is 0 Å². The van der Waals surface area contributed by atoms with Crippen LogP contribution in [-0.4, -0.2) is 23.1 Å². The molecule has 0 aliphatic carbocycles. The number of hydrogen-bond donors (Lipinski definition) is 0. The van der Waals surface area contributed by atoms with Gasteiger partial charge in [-0.1, -0.05) is 30.3 Å². The summed E-state index contributed by atoms with van der Waals surface area (Å²) in [6.07, 6.45) is 0.0369. The molecule has 0 spiro atoms. The molecular weight excluding hydrogens is 266 g/mol. The van der Waals surface area contributed by atoms with Gasteiger partial charge in [-0.05, 0) is 29.8 Å². The molecule has 4 nitrogen and oxygen atoms in total. The number of carbonyl (C=O) groups is 2. The number of para-hydroxylation sites is 1. The van der Waals surface area contributed by atoms with Crippen molar-refractivity contribution in [3.8, 4) is 11.5 Å². The largest absolute Gasteiger partial charge is 0.457 e. The first-order chi connectivity index (χ1) is 10.2. The van der Waals surface area contributed by atoms with Crippen molar-refractivity contribution in [2.75, 3.05) is 6.54 Å². The Kier molecular flexibility index (Phi) is 3.69. The van der Waals surface area contributed by atoms with Crippen LogP contribution in [0.25, 0.3) is 0 Å². The highest BCUT2D eigenvalue weighted by atomic mass is 16.5. The zero-order chi connectivity index (χ0) is 14.7. The molecule has 1 aliphatic rings. The van der Waals surface area contributed by atoms with Crippen LogP contribution in [0.5, 0.6) is 11.5 Å². The van der Waals surface area contributed by atoms with E-state index in [1.54, 1.807) is 4.90 Å². The summed E-state index contributed by atoms with van der Waals surface area (Å²) in [6, 6.07) is 17.1. The Morgan fingerprint density at radius 3 is 2.19 bits per heavy atom. The molecule has 1 heterocycles. The van der Waals surface area contributed by atoms with E-state index in [2.05, 4.69) is 0 Å². The van der Waals surface area contributed by atoms with E-state index >= 15 is 0 Å². The van der Waals surface area contributed by atoms with Gasteiger partial charge in [-0.15, -0.1) is 0 Å². The van der Waals surface area contributed by atoms with Crippen LogP contribution in [-0.2, 0) is 16.1 Å². The van der Waals surface area contributed by atoms with Gasteiger partial charge in [0.25, 0.3) is 0 Å². The number of ether oxygens (including phenoxy) is 1. The summed E-state index contributed by atoms with van der Waals surface area (Å²) in [4.78, 5) is 24.4. The van der Waals surface area contributed by atoms with E-state index in [9.17, 15) is 9.59 Å². The molecule has 0 aromatic heterocycles. The first-order valence-corrected chi connectivity index (χ1v) is 6.82. The number of carbonyl (C=O) groups excluding carboxylic acids is 2. The van der Waals surface area contributed by atoms with Crippen LogP contribution in [0.2, 0.25) is 0 Å². The van der Waals surface area contributed by atoms with Gasteiger partial charge < -0.3 is 9.64 Å². The van der Waals surface area contributed by atoms with Crippen molar-refractivity contribution in [2.24, 2.45) is 0 Å². The molecule has 21 heavy (non-hydrogen) atoms. The Labute approximate surface area is 123 Å². The molecule has 2 aromatic carbocycles. The Hall–Kier alpha value is -2.62. The predicted molar refractivity (Wildman–Crippen MR) is 78.0 cm³/mol. The van der Waals surface area contributed by atoms with Crippen LogP contribution in [0.4, 0.5) is 0 Å². The fourth-order valence-electron chi connectivity index (χ4n) is 2.29. The van der Waals surface area contributed by atoms with Gasteiger partial charge in [-0.2, -0.15) is 0 Å². The summed E-state index contributed by atoms with van der Waals surface area (Å²) < 4.78 is 5.71. The van der Waals surface area contributed by atoms with Crippen LogP contribution in [0.1, 0.15) is 12.0 Å². The molecule has 1 fully saturated rings. The lowest BCUT2D eigenvalue weighted by atomic mass is 10.2. The van der Waals surface area contributed by atoms with E-state index in [-0.39, 0.29) is 24.7 Å². The van der Waals surface area contributed by atoms with Crippen molar-refractivity contribution in [2.45, 2.75) is 13.0 Å². The van der Waals surface area contributed by atoms with Crippen molar-refractivity contribution >= 4 is 11.7 Å². The van der Waals surface area contributed by atoms with Gasteiger partial charge in [0.05, 0.1) is 13.0 Å². The van der Waals surface area contributed by atoms with Gasteiger partial charge in [0.1, 0.15) is 11.5 Å². The summed E-state index contributed by atoms with van der Waals surface area (Å²) in [7, 11) is 0. The summed E-state index contributed by atoms with van der Waals surface area (Å²) in [5, 5.41) is 0. The number of hydrogen-bond acceptors (Lipinski definition) is 3. The van der Waals surface area contributed by atoms with Crippen molar-refractivity contribution in [3.63, 3.8) is 0 Å². The molecule has 0 saturated carbocycles. The third-order valence-corrected chi connectivity index (χ3v) is 3.34. The normalized spacial score (nSPS) is 14.6. The van der Waals surface area contributed by atoms with E-state index in [1.807, 2.05) is 54.6 Å². The van der Waals surface area contributed by atoms with Gasteiger partial charge in [0.2, 0.25) is 5.91 Å². The zero-order valence-corrected chi connectivity index (χ0v) is 11.5. The second-order valence-electron chi connectivity index (χ2n) is 5.02. The number of benzene rings is 2. The maximum absolute atomic E-state index is 11.6. The number of amides is 1. The fourth-order valence-corrected chi connectivity index (χ4v) is 2.29. The molecule has 0 radical (unpaired) electrons. The lowest BCUT2D eigenvalue weighted by Gasteiger charge is -2.14. The third-order valence-electron chi connectivity index (χ3n) is 3.34. The quantitative estimate of drug-likeness (QED) is 0.810. The second-order valence-corrected chi connectivity index (χ2v) is 5.02. The van der Waals surface area contributed by atoms with E-state index in [1.165, 1.54) is 0 Å². The molecule has 0 bridgehead atoms.